The van der Waals surface area contributed by atoms with Gasteiger partial charge in [0.25, 0.3) is 5.56 Å². The number of carbonyl (C=O) groups is 1. The number of pyridine rings is 1. The molecular weight excluding hydrogens is 288 g/mol. The number of nitrogens with zero attached hydrogens (tertiary/aromatic N) is 4. The summed E-state index contributed by atoms with van der Waals surface area (Å²) in [5.41, 5.74) is 0.277. The largest absolute Gasteiger partial charge is 0.490 e. The first-order chi connectivity index (χ1) is 10.6. The van der Waals surface area contributed by atoms with Crippen molar-refractivity contribution in [3.05, 3.63) is 46.8 Å². The van der Waals surface area contributed by atoms with Crippen molar-refractivity contribution in [3.8, 4) is 5.75 Å². The number of aliphatic carboxylic acids is 1. The lowest BCUT2D eigenvalue weighted by atomic mass is 10.3. The summed E-state index contributed by atoms with van der Waals surface area (Å²) in [5.74, 6) is -0.192. The quantitative estimate of drug-likeness (QED) is 0.860. The van der Waals surface area contributed by atoms with Gasteiger partial charge in [0.15, 0.2) is 5.82 Å². The standard InChI is InChI=1S/C14H14N4O4/c19-12(20)9-18-5-4-16-13(14(18)21)17-6-7-22-11-2-1-3-15-10(11)8-17/h1-5H,6-9H2,(H,19,20). The highest BCUT2D eigenvalue weighted by atomic mass is 16.5. The summed E-state index contributed by atoms with van der Waals surface area (Å²) < 4.78 is 6.72. The second-order valence-corrected chi connectivity index (χ2v) is 4.80. The zero-order valence-electron chi connectivity index (χ0n) is 11.7. The molecule has 0 fully saturated rings. The SMILES string of the molecule is O=C(O)Cn1ccnc(N2CCOc3cccnc3C2)c1=O. The van der Waals surface area contributed by atoms with Crippen LogP contribution >= 0.6 is 0 Å². The summed E-state index contributed by atoms with van der Waals surface area (Å²) in [7, 11) is 0. The fraction of sp³-hybridized carbons (Fsp3) is 0.286. The Balaban J connectivity index is 1.94. The maximum Gasteiger partial charge on any atom is 0.323 e. The van der Waals surface area contributed by atoms with Crippen molar-refractivity contribution < 1.29 is 14.6 Å². The summed E-state index contributed by atoms with van der Waals surface area (Å²) in [4.78, 5) is 33.3. The average Bonchev–Trinajstić information content (AvgIpc) is 2.71. The molecule has 2 aromatic heterocycles. The van der Waals surface area contributed by atoms with Crippen LogP contribution in [-0.2, 0) is 17.9 Å². The van der Waals surface area contributed by atoms with E-state index < -0.39 is 18.1 Å². The Morgan fingerprint density at radius 1 is 1.36 bits per heavy atom. The molecule has 0 aromatic carbocycles. The molecule has 0 atom stereocenters. The average molecular weight is 302 g/mol. The van der Waals surface area contributed by atoms with Crippen molar-refractivity contribution in [2.45, 2.75) is 13.1 Å². The number of fused-ring (bicyclic) bond motifs is 1. The van der Waals surface area contributed by atoms with Gasteiger partial charge in [-0.25, -0.2) is 4.98 Å². The molecule has 0 aliphatic carbocycles. The molecule has 0 unspecified atom stereocenters. The van der Waals surface area contributed by atoms with E-state index in [0.29, 0.717) is 25.4 Å². The lowest BCUT2D eigenvalue weighted by Crippen LogP contribution is -2.35. The molecule has 114 valence electrons. The van der Waals surface area contributed by atoms with Crippen molar-refractivity contribution in [2.24, 2.45) is 0 Å². The highest BCUT2D eigenvalue weighted by molar-refractivity contribution is 5.66. The topological polar surface area (TPSA) is 97.6 Å². The zero-order chi connectivity index (χ0) is 15.5. The van der Waals surface area contributed by atoms with Crippen LogP contribution in [0.25, 0.3) is 0 Å². The minimum absolute atomic E-state index is 0.200. The molecule has 1 aliphatic heterocycles. The van der Waals surface area contributed by atoms with Gasteiger partial charge in [0.1, 0.15) is 24.6 Å². The van der Waals surface area contributed by atoms with E-state index in [1.165, 1.54) is 12.4 Å². The lowest BCUT2D eigenvalue weighted by molar-refractivity contribution is -0.137. The molecule has 0 amide bonds. The molecule has 22 heavy (non-hydrogen) atoms. The van der Waals surface area contributed by atoms with Crippen LogP contribution in [0.15, 0.2) is 35.5 Å². The number of carboxylic acids is 1. The summed E-state index contributed by atoms with van der Waals surface area (Å²) in [6.45, 7) is 0.854. The van der Waals surface area contributed by atoms with Crippen LogP contribution in [0.4, 0.5) is 5.82 Å². The predicted octanol–water partition coefficient (Wildman–Crippen LogP) is 0.122. The first kappa shape index (κ1) is 14.1. The summed E-state index contributed by atoms with van der Waals surface area (Å²) in [6, 6.07) is 3.61. The van der Waals surface area contributed by atoms with Crippen LogP contribution in [0.3, 0.4) is 0 Å². The summed E-state index contributed by atoms with van der Waals surface area (Å²) >= 11 is 0. The first-order valence-electron chi connectivity index (χ1n) is 6.74. The van der Waals surface area contributed by atoms with Gasteiger partial charge in [0, 0.05) is 18.6 Å². The predicted molar refractivity (Wildman–Crippen MR) is 76.9 cm³/mol. The molecule has 0 radical (unpaired) electrons. The van der Waals surface area contributed by atoms with E-state index in [1.807, 2.05) is 6.07 Å². The molecule has 1 N–H and O–H groups in total. The summed E-state index contributed by atoms with van der Waals surface area (Å²) in [6.07, 6.45) is 4.44. The molecule has 3 heterocycles. The van der Waals surface area contributed by atoms with E-state index in [0.717, 1.165) is 10.3 Å². The maximum atomic E-state index is 12.4. The minimum Gasteiger partial charge on any atom is -0.490 e. The minimum atomic E-state index is -1.08. The van der Waals surface area contributed by atoms with Crippen molar-refractivity contribution in [2.75, 3.05) is 18.1 Å². The Bertz CT molecular complexity index is 759. The van der Waals surface area contributed by atoms with Crippen LogP contribution in [0.2, 0.25) is 0 Å². The third kappa shape index (κ3) is 2.76. The third-order valence-corrected chi connectivity index (χ3v) is 3.31. The Morgan fingerprint density at radius 3 is 3.05 bits per heavy atom. The van der Waals surface area contributed by atoms with E-state index in [9.17, 15) is 9.59 Å². The fourth-order valence-electron chi connectivity index (χ4n) is 2.30. The Hall–Kier alpha value is -2.90. The first-order valence-corrected chi connectivity index (χ1v) is 6.74. The molecule has 0 saturated carbocycles. The van der Waals surface area contributed by atoms with E-state index in [2.05, 4.69) is 9.97 Å². The zero-order valence-corrected chi connectivity index (χ0v) is 11.7. The van der Waals surface area contributed by atoms with Gasteiger partial charge in [0.2, 0.25) is 0 Å². The van der Waals surface area contributed by atoms with Crippen molar-refractivity contribution in [1.82, 2.24) is 14.5 Å². The molecule has 8 nitrogen and oxygen atoms in total. The van der Waals surface area contributed by atoms with Gasteiger partial charge in [-0.1, -0.05) is 0 Å². The van der Waals surface area contributed by atoms with Crippen LogP contribution in [0.5, 0.6) is 5.75 Å². The van der Waals surface area contributed by atoms with Crippen molar-refractivity contribution >= 4 is 11.8 Å². The number of hydrogen-bond acceptors (Lipinski definition) is 6. The highest BCUT2D eigenvalue weighted by Crippen LogP contribution is 2.21. The number of ether oxygens (including phenoxy) is 1. The van der Waals surface area contributed by atoms with Crippen molar-refractivity contribution in [1.29, 1.82) is 0 Å². The van der Waals surface area contributed by atoms with Gasteiger partial charge < -0.3 is 14.7 Å². The molecule has 2 aromatic rings. The van der Waals surface area contributed by atoms with Gasteiger partial charge in [-0.15, -0.1) is 0 Å². The van der Waals surface area contributed by atoms with E-state index >= 15 is 0 Å². The number of hydrogen-bond donors (Lipinski definition) is 1. The molecule has 1 aliphatic rings. The van der Waals surface area contributed by atoms with Gasteiger partial charge >= 0.3 is 5.97 Å². The molecule has 0 bridgehead atoms. The van der Waals surface area contributed by atoms with Crippen LogP contribution in [0, 0.1) is 0 Å². The smallest absolute Gasteiger partial charge is 0.323 e. The number of rotatable bonds is 3. The molecule has 0 saturated heterocycles. The van der Waals surface area contributed by atoms with Crippen LogP contribution in [-0.4, -0.2) is 38.8 Å². The molecular formula is C14H14N4O4. The molecule has 8 heteroatoms. The Morgan fingerprint density at radius 2 is 2.23 bits per heavy atom. The fourth-order valence-corrected chi connectivity index (χ4v) is 2.30. The van der Waals surface area contributed by atoms with Gasteiger partial charge in [-0.3, -0.25) is 19.1 Å². The van der Waals surface area contributed by atoms with Crippen molar-refractivity contribution in [3.63, 3.8) is 0 Å². The van der Waals surface area contributed by atoms with Crippen LogP contribution in [0.1, 0.15) is 5.69 Å². The number of aromatic nitrogens is 3. The van der Waals surface area contributed by atoms with Gasteiger partial charge in [-0.05, 0) is 12.1 Å². The van der Waals surface area contributed by atoms with Crippen LogP contribution < -0.4 is 15.2 Å². The van der Waals surface area contributed by atoms with E-state index in [1.54, 1.807) is 17.2 Å². The highest BCUT2D eigenvalue weighted by Gasteiger charge is 2.20. The molecule has 0 spiro atoms. The second-order valence-electron chi connectivity index (χ2n) is 4.80. The number of carboxylic acid groups (broad SMARTS) is 1. The van der Waals surface area contributed by atoms with E-state index in [4.69, 9.17) is 9.84 Å². The third-order valence-electron chi connectivity index (χ3n) is 3.31. The van der Waals surface area contributed by atoms with Gasteiger partial charge in [0.05, 0.1) is 13.1 Å². The summed E-state index contributed by atoms with van der Waals surface area (Å²) in [5, 5.41) is 8.84. The Labute approximate surface area is 125 Å². The Kier molecular flexibility index (Phi) is 3.73. The number of anilines is 1. The maximum absolute atomic E-state index is 12.4. The normalized spacial score (nSPS) is 13.9. The molecule has 3 rings (SSSR count). The monoisotopic (exact) mass is 302 g/mol. The lowest BCUT2D eigenvalue weighted by Gasteiger charge is -2.20. The van der Waals surface area contributed by atoms with E-state index in [-0.39, 0.29) is 5.82 Å². The van der Waals surface area contributed by atoms with Gasteiger partial charge in [-0.2, -0.15) is 0 Å². The second kappa shape index (κ2) is 5.84.